The van der Waals surface area contributed by atoms with Gasteiger partial charge < -0.3 is 16.0 Å². The van der Waals surface area contributed by atoms with Gasteiger partial charge in [-0.25, -0.2) is 0 Å². The Kier molecular flexibility index (Phi) is 10.5. The summed E-state index contributed by atoms with van der Waals surface area (Å²) in [5.74, 6) is 1.42. The lowest BCUT2D eigenvalue weighted by molar-refractivity contribution is 0.181. The number of rotatable bonds is 7. The lowest BCUT2D eigenvalue weighted by Gasteiger charge is -2.32. The Morgan fingerprint density at radius 1 is 1.15 bits per heavy atom. The number of hydrogen-bond acceptors (Lipinski definition) is 2. The van der Waals surface area contributed by atoms with Crippen LogP contribution in [-0.2, 0) is 6.42 Å². The number of guanidine groups is 1. The zero-order chi connectivity index (χ0) is 18.1. The van der Waals surface area contributed by atoms with Crippen molar-refractivity contribution in [1.29, 1.82) is 0 Å². The first-order valence-electron chi connectivity index (χ1n) is 9.77. The molecule has 0 aromatic heterocycles. The smallest absolute Gasteiger partial charge is 0.188 e. The highest BCUT2D eigenvalue weighted by Gasteiger charge is 2.18. The van der Waals surface area contributed by atoms with Crippen LogP contribution in [0.1, 0.15) is 52.0 Å². The number of aliphatic imine (C=N–C) groups is 1. The third-order valence-corrected chi connectivity index (χ3v) is 4.74. The van der Waals surface area contributed by atoms with E-state index < -0.39 is 0 Å². The molecule has 0 unspecified atom stereocenters. The molecule has 5 heteroatoms. The molecule has 0 amide bonds. The molecule has 2 rings (SSSR count). The van der Waals surface area contributed by atoms with Crippen molar-refractivity contribution in [2.24, 2.45) is 16.6 Å². The third-order valence-electron chi connectivity index (χ3n) is 4.74. The summed E-state index contributed by atoms with van der Waals surface area (Å²) in [5, 5.41) is 3.20. The van der Waals surface area contributed by atoms with E-state index in [9.17, 15) is 0 Å². The minimum absolute atomic E-state index is 0. The summed E-state index contributed by atoms with van der Waals surface area (Å²) in [6.45, 7) is 10.8. The number of benzene rings is 1. The Labute approximate surface area is 177 Å². The zero-order valence-corrected chi connectivity index (χ0v) is 19.0. The Morgan fingerprint density at radius 2 is 1.81 bits per heavy atom. The molecule has 0 atom stereocenters. The Balaban J connectivity index is 0.00000338. The van der Waals surface area contributed by atoms with Crippen molar-refractivity contribution in [2.45, 2.75) is 58.4 Å². The van der Waals surface area contributed by atoms with Crippen LogP contribution in [0.2, 0.25) is 0 Å². The van der Waals surface area contributed by atoms with Gasteiger partial charge in [0, 0.05) is 12.1 Å². The molecule has 1 aromatic carbocycles. The highest BCUT2D eigenvalue weighted by molar-refractivity contribution is 14.0. The normalized spacial score (nSPS) is 17.0. The molecule has 3 N–H and O–H groups in total. The van der Waals surface area contributed by atoms with Gasteiger partial charge in [-0.05, 0) is 84.0 Å². The van der Waals surface area contributed by atoms with Crippen molar-refractivity contribution in [2.75, 3.05) is 26.2 Å². The molecule has 1 heterocycles. The van der Waals surface area contributed by atoms with Gasteiger partial charge in [0.25, 0.3) is 0 Å². The first-order valence-corrected chi connectivity index (χ1v) is 9.77. The molecule has 26 heavy (non-hydrogen) atoms. The van der Waals surface area contributed by atoms with E-state index in [1.165, 1.54) is 50.9 Å². The molecule has 1 saturated heterocycles. The van der Waals surface area contributed by atoms with Crippen LogP contribution in [0.4, 0.5) is 0 Å². The van der Waals surface area contributed by atoms with Crippen LogP contribution in [0.5, 0.6) is 0 Å². The number of piperidine rings is 1. The highest BCUT2D eigenvalue weighted by Crippen LogP contribution is 2.21. The SMILES string of the molecule is CC(C)(C)NC(N)=NCCCCN1CCC(Cc2ccccc2)CC1.I. The fourth-order valence-corrected chi connectivity index (χ4v) is 3.43. The zero-order valence-electron chi connectivity index (χ0n) is 16.7. The summed E-state index contributed by atoms with van der Waals surface area (Å²) >= 11 is 0. The van der Waals surface area contributed by atoms with Crippen LogP contribution in [0.3, 0.4) is 0 Å². The minimum Gasteiger partial charge on any atom is -0.370 e. The molecule has 0 aliphatic carbocycles. The molecular formula is C21H37IN4. The number of halogens is 1. The predicted molar refractivity (Wildman–Crippen MR) is 123 cm³/mol. The van der Waals surface area contributed by atoms with Crippen molar-refractivity contribution < 1.29 is 0 Å². The van der Waals surface area contributed by atoms with Crippen molar-refractivity contribution in [3.05, 3.63) is 35.9 Å². The maximum Gasteiger partial charge on any atom is 0.188 e. The molecule has 1 aromatic rings. The molecule has 0 radical (unpaired) electrons. The maximum absolute atomic E-state index is 5.89. The Bertz CT molecular complexity index is 517. The standard InChI is InChI=1S/C21H36N4.HI/c1-21(2,3)24-20(22)23-13-7-8-14-25-15-11-19(12-16-25)17-18-9-5-4-6-10-18;/h4-6,9-10,19H,7-8,11-17H2,1-3H3,(H3,22,23,24);1H. The number of nitrogens with zero attached hydrogens (tertiary/aromatic N) is 2. The lowest BCUT2D eigenvalue weighted by atomic mass is 9.90. The predicted octanol–water partition coefficient (Wildman–Crippen LogP) is 4.04. The van der Waals surface area contributed by atoms with Gasteiger partial charge in [0.15, 0.2) is 5.96 Å². The quantitative estimate of drug-likeness (QED) is 0.273. The van der Waals surface area contributed by atoms with E-state index in [2.05, 4.69) is 66.3 Å². The van der Waals surface area contributed by atoms with Crippen LogP contribution < -0.4 is 11.1 Å². The molecule has 4 nitrogen and oxygen atoms in total. The first kappa shape index (κ1) is 23.2. The fraction of sp³-hybridized carbons (Fsp3) is 0.667. The molecule has 1 aliphatic rings. The second-order valence-corrected chi connectivity index (χ2v) is 8.32. The van der Waals surface area contributed by atoms with E-state index in [4.69, 9.17) is 5.73 Å². The number of unbranched alkanes of at least 4 members (excludes halogenated alkanes) is 1. The summed E-state index contributed by atoms with van der Waals surface area (Å²) in [5.41, 5.74) is 7.36. The fourth-order valence-electron chi connectivity index (χ4n) is 3.43. The van der Waals surface area contributed by atoms with Gasteiger partial charge in [0.2, 0.25) is 0 Å². The molecule has 0 saturated carbocycles. The Morgan fingerprint density at radius 3 is 2.42 bits per heavy atom. The minimum atomic E-state index is -0.0162. The van der Waals surface area contributed by atoms with Crippen LogP contribution in [0, 0.1) is 5.92 Å². The van der Waals surface area contributed by atoms with Crippen molar-refractivity contribution in [1.82, 2.24) is 10.2 Å². The van der Waals surface area contributed by atoms with Crippen LogP contribution in [0.15, 0.2) is 35.3 Å². The van der Waals surface area contributed by atoms with E-state index in [0.29, 0.717) is 5.96 Å². The van der Waals surface area contributed by atoms with Gasteiger partial charge >= 0.3 is 0 Å². The van der Waals surface area contributed by atoms with Gasteiger partial charge in [-0.1, -0.05) is 30.3 Å². The second kappa shape index (κ2) is 11.8. The summed E-state index contributed by atoms with van der Waals surface area (Å²) in [7, 11) is 0. The van der Waals surface area contributed by atoms with Gasteiger partial charge in [-0.3, -0.25) is 4.99 Å². The first-order chi connectivity index (χ1) is 11.9. The molecule has 1 fully saturated rings. The number of likely N-dealkylation sites (tertiary alicyclic amines) is 1. The third kappa shape index (κ3) is 9.76. The molecule has 0 bridgehead atoms. The van der Waals surface area contributed by atoms with E-state index in [0.717, 1.165) is 18.9 Å². The van der Waals surface area contributed by atoms with Gasteiger partial charge in [-0.2, -0.15) is 0 Å². The van der Waals surface area contributed by atoms with Gasteiger partial charge in [-0.15, -0.1) is 24.0 Å². The molecule has 148 valence electrons. The number of nitrogens with two attached hydrogens (primary N) is 1. The average Bonchev–Trinajstić information content (AvgIpc) is 2.55. The molecule has 1 aliphatic heterocycles. The summed E-state index contributed by atoms with van der Waals surface area (Å²) in [6, 6.07) is 10.9. The largest absolute Gasteiger partial charge is 0.370 e. The second-order valence-electron chi connectivity index (χ2n) is 8.32. The van der Waals surface area contributed by atoms with Crippen molar-refractivity contribution in [3.63, 3.8) is 0 Å². The topological polar surface area (TPSA) is 53.6 Å². The highest BCUT2D eigenvalue weighted by atomic mass is 127. The Hall–Kier alpha value is -0.820. The van der Waals surface area contributed by atoms with Crippen molar-refractivity contribution in [3.8, 4) is 0 Å². The summed E-state index contributed by atoms with van der Waals surface area (Å²) < 4.78 is 0. The lowest BCUT2D eigenvalue weighted by Crippen LogP contribution is -2.45. The average molecular weight is 472 g/mol. The van der Waals surface area contributed by atoms with Crippen LogP contribution >= 0.6 is 24.0 Å². The van der Waals surface area contributed by atoms with Gasteiger partial charge in [0.05, 0.1) is 0 Å². The van der Waals surface area contributed by atoms with Crippen LogP contribution in [0.25, 0.3) is 0 Å². The van der Waals surface area contributed by atoms with Crippen molar-refractivity contribution >= 4 is 29.9 Å². The van der Waals surface area contributed by atoms with Crippen LogP contribution in [-0.4, -0.2) is 42.6 Å². The molecule has 0 spiro atoms. The maximum atomic E-state index is 5.89. The molecular weight excluding hydrogens is 435 g/mol. The van der Waals surface area contributed by atoms with E-state index in [1.54, 1.807) is 0 Å². The van der Waals surface area contributed by atoms with E-state index in [1.807, 2.05) is 0 Å². The van der Waals surface area contributed by atoms with E-state index in [-0.39, 0.29) is 29.5 Å². The summed E-state index contributed by atoms with van der Waals surface area (Å²) in [4.78, 5) is 7.03. The van der Waals surface area contributed by atoms with Gasteiger partial charge in [0.1, 0.15) is 0 Å². The van der Waals surface area contributed by atoms with E-state index >= 15 is 0 Å². The number of nitrogens with one attached hydrogen (secondary N) is 1. The monoisotopic (exact) mass is 472 g/mol. The number of hydrogen-bond donors (Lipinski definition) is 2. The summed E-state index contributed by atoms with van der Waals surface area (Å²) in [6.07, 6.45) is 6.21.